The molecule has 0 aliphatic rings. The maximum absolute atomic E-state index is 6.12. The van der Waals surface area contributed by atoms with Crippen LogP contribution in [0.3, 0.4) is 0 Å². The van der Waals surface area contributed by atoms with Crippen LogP contribution in [-0.2, 0) is 13.6 Å². The largest absolute Gasteiger partial charge is 0.329 e. The molecule has 0 atom stereocenters. The fourth-order valence-corrected chi connectivity index (χ4v) is 2.80. The van der Waals surface area contributed by atoms with Gasteiger partial charge >= 0.3 is 0 Å². The Morgan fingerprint density at radius 3 is 2.70 bits per heavy atom. The first kappa shape index (κ1) is 15.4. The number of imidazole rings is 1. The Morgan fingerprint density at radius 2 is 2.10 bits per heavy atom. The van der Waals surface area contributed by atoms with Crippen LogP contribution in [0.2, 0.25) is 5.02 Å². The van der Waals surface area contributed by atoms with E-state index in [0.29, 0.717) is 0 Å². The van der Waals surface area contributed by atoms with Crippen LogP contribution in [0.5, 0.6) is 0 Å². The number of halogens is 1. The average molecular weight is 310 g/mol. The molecule has 0 aliphatic heterocycles. The number of benzene rings is 1. The molecule has 1 aromatic carbocycles. The lowest BCUT2D eigenvalue weighted by Crippen LogP contribution is -2.35. The number of nitrogens with zero attached hydrogens (tertiary/aromatic N) is 2. The molecule has 0 aliphatic carbocycles. The molecule has 108 valence electrons. The van der Waals surface area contributed by atoms with Crippen molar-refractivity contribution in [2.45, 2.75) is 42.9 Å². The summed E-state index contributed by atoms with van der Waals surface area (Å²) < 4.78 is 2.01. The third-order valence-corrected chi connectivity index (χ3v) is 4.24. The number of aromatic nitrogens is 2. The van der Waals surface area contributed by atoms with Crippen LogP contribution in [-0.4, -0.2) is 15.1 Å². The summed E-state index contributed by atoms with van der Waals surface area (Å²) in [7, 11) is 2.00. The Hall–Kier alpha value is -0.970. The normalized spacial score (nSPS) is 11.8. The van der Waals surface area contributed by atoms with Crippen LogP contribution in [0, 0.1) is 0 Å². The van der Waals surface area contributed by atoms with Crippen LogP contribution in [0.15, 0.2) is 40.6 Å². The van der Waals surface area contributed by atoms with Gasteiger partial charge in [-0.25, -0.2) is 4.98 Å². The summed E-state index contributed by atoms with van der Waals surface area (Å²) in [5.41, 5.74) is 1.27. The molecule has 0 radical (unpaired) electrons. The average Bonchev–Trinajstić information content (AvgIpc) is 2.74. The summed E-state index contributed by atoms with van der Waals surface area (Å²) in [5.74, 6) is 0. The van der Waals surface area contributed by atoms with Gasteiger partial charge in [-0.3, -0.25) is 0 Å². The predicted octanol–water partition coefficient (Wildman–Crippen LogP) is 4.11. The molecular weight excluding hydrogens is 290 g/mol. The molecular formula is C15H20ClN3S. The Bertz CT molecular complexity index is 587. The minimum absolute atomic E-state index is 0.0769. The smallest absolute Gasteiger partial charge is 0.172 e. The van der Waals surface area contributed by atoms with Crippen molar-refractivity contribution in [1.82, 2.24) is 14.9 Å². The van der Waals surface area contributed by atoms with Gasteiger partial charge in [0.05, 0.1) is 0 Å². The van der Waals surface area contributed by atoms with E-state index in [1.807, 2.05) is 36.1 Å². The lowest BCUT2D eigenvalue weighted by molar-refractivity contribution is 0.422. The molecule has 0 spiro atoms. The quantitative estimate of drug-likeness (QED) is 0.921. The van der Waals surface area contributed by atoms with Crippen LogP contribution in [0.25, 0.3) is 0 Å². The Morgan fingerprint density at radius 1 is 1.35 bits per heavy atom. The van der Waals surface area contributed by atoms with E-state index in [9.17, 15) is 0 Å². The van der Waals surface area contributed by atoms with Crippen molar-refractivity contribution < 1.29 is 0 Å². The second kappa shape index (κ2) is 6.20. The Labute approximate surface area is 129 Å². The van der Waals surface area contributed by atoms with E-state index in [4.69, 9.17) is 11.6 Å². The Balaban J connectivity index is 2.21. The van der Waals surface area contributed by atoms with Gasteiger partial charge in [0.25, 0.3) is 0 Å². The first-order valence-electron chi connectivity index (χ1n) is 6.54. The highest BCUT2D eigenvalue weighted by atomic mass is 35.5. The van der Waals surface area contributed by atoms with Crippen LogP contribution < -0.4 is 5.32 Å². The standard InChI is InChI=1S/C15H20ClN3S/c1-15(2,3)18-10-11-9-12(16)5-6-13(11)20-14-17-7-8-19(14)4/h5-9,18H,10H2,1-4H3. The molecule has 20 heavy (non-hydrogen) atoms. The maximum atomic E-state index is 6.12. The molecule has 0 amide bonds. The summed E-state index contributed by atoms with van der Waals surface area (Å²) in [6.45, 7) is 7.26. The minimum atomic E-state index is 0.0769. The molecule has 1 N–H and O–H groups in total. The van der Waals surface area contributed by atoms with E-state index in [2.05, 4.69) is 37.1 Å². The van der Waals surface area contributed by atoms with Crippen LogP contribution in [0.1, 0.15) is 26.3 Å². The van der Waals surface area contributed by atoms with Crippen molar-refractivity contribution in [2.75, 3.05) is 0 Å². The molecule has 5 heteroatoms. The van der Waals surface area contributed by atoms with E-state index in [1.165, 1.54) is 10.5 Å². The first-order chi connectivity index (χ1) is 9.35. The minimum Gasteiger partial charge on any atom is -0.329 e. The summed E-state index contributed by atoms with van der Waals surface area (Å²) in [4.78, 5) is 5.54. The van der Waals surface area contributed by atoms with E-state index < -0.39 is 0 Å². The van der Waals surface area contributed by atoms with E-state index in [-0.39, 0.29) is 5.54 Å². The van der Waals surface area contributed by atoms with Gasteiger partial charge in [0.2, 0.25) is 0 Å². The van der Waals surface area contributed by atoms with Gasteiger partial charge in [-0.05, 0) is 44.5 Å². The zero-order valence-corrected chi connectivity index (χ0v) is 13.8. The van der Waals surface area contributed by atoms with Crippen molar-refractivity contribution >= 4 is 23.4 Å². The molecule has 3 nitrogen and oxygen atoms in total. The molecule has 0 unspecified atom stereocenters. The van der Waals surface area contributed by atoms with E-state index in [1.54, 1.807) is 11.8 Å². The molecule has 0 fully saturated rings. The molecule has 0 saturated heterocycles. The van der Waals surface area contributed by atoms with Crippen molar-refractivity contribution in [3.05, 3.63) is 41.2 Å². The summed E-state index contributed by atoms with van der Waals surface area (Å²) >= 11 is 7.78. The summed E-state index contributed by atoms with van der Waals surface area (Å²) in [5, 5.41) is 5.24. The molecule has 1 aromatic heterocycles. The zero-order chi connectivity index (χ0) is 14.8. The SMILES string of the molecule is Cn1ccnc1Sc1ccc(Cl)cc1CNC(C)(C)C. The maximum Gasteiger partial charge on any atom is 0.172 e. The van der Waals surface area contributed by atoms with Crippen molar-refractivity contribution in [1.29, 1.82) is 0 Å². The molecule has 2 rings (SSSR count). The van der Waals surface area contributed by atoms with Crippen LogP contribution >= 0.6 is 23.4 Å². The monoisotopic (exact) mass is 309 g/mol. The van der Waals surface area contributed by atoms with Gasteiger partial charge in [-0.2, -0.15) is 0 Å². The van der Waals surface area contributed by atoms with Gasteiger partial charge < -0.3 is 9.88 Å². The van der Waals surface area contributed by atoms with Gasteiger partial charge in [0, 0.05) is 41.4 Å². The summed E-state index contributed by atoms with van der Waals surface area (Å²) in [6, 6.07) is 6.00. The number of rotatable bonds is 4. The predicted molar refractivity (Wildman–Crippen MR) is 85.4 cm³/mol. The lowest BCUT2D eigenvalue weighted by Gasteiger charge is -2.21. The number of hydrogen-bond donors (Lipinski definition) is 1. The topological polar surface area (TPSA) is 29.9 Å². The second-order valence-corrected chi connectivity index (χ2v) is 7.22. The molecule has 0 saturated carbocycles. The third-order valence-electron chi connectivity index (χ3n) is 2.81. The molecule has 1 heterocycles. The highest BCUT2D eigenvalue weighted by Crippen LogP contribution is 2.31. The highest BCUT2D eigenvalue weighted by Gasteiger charge is 2.12. The molecule has 0 bridgehead atoms. The first-order valence-corrected chi connectivity index (χ1v) is 7.73. The number of aryl methyl sites for hydroxylation is 1. The number of hydrogen-bond acceptors (Lipinski definition) is 3. The zero-order valence-electron chi connectivity index (χ0n) is 12.3. The Kier molecular flexibility index (Phi) is 4.78. The fourth-order valence-electron chi connectivity index (χ4n) is 1.69. The second-order valence-electron chi connectivity index (χ2n) is 5.78. The highest BCUT2D eigenvalue weighted by molar-refractivity contribution is 7.99. The van der Waals surface area contributed by atoms with Gasteiger partial charge in [0.1, 0.15) is 0 Å². The third kappa shape index (κ3) is 4.27. The van der Waals surface area contributed by atoms with Gasteiger partial charge in [-0.1, -0.05) is 23.4 Å². The van der Waals surface area contributed by atoms with Gasteiger partial charge in [-0.15, -0.1) is 0 Å². The fraction of sp³-hybridized carbons (Fsp3) is 0.400. The van der Waals surface area contributed by atoms with Crippen molar-refractivity contribution in [3.8, 4) is 0 Å². The number of nitrogens with one attached hydrogen (secondary N) is 1. The lowest BCUT2D eigenvalue weighted by atomic mass is 10.1. The summed E-state index contributed by atoms with van der Waals surface area (Å²) in [6.07, 6.45) is 3.76. The van der Waals surface area contributed by atoms with Crippen molar-refractivity contribution in [3.63, 3.8) is 0 Å². The van der Waals surface area contributed by atoms with Gasteiger partial charge in [0.15, 0.2) is 5.16 Å². The van der Waals surface area contributed by atoms with Crippen LogP contribution in [0.4, 0.5) is 0 Å². The van der Waals surface area contributed by atoms with E-state index in [0.717, 1.165) is 16.7 Å². The van der Waals surface area contributed by atoms with E-state index >= 15 is 0 Å². The van der Waals surface area contributed by atoms with Crippen molar-refractivity contribution in [2.24, 2.45) is 7.05 Å². The molecule has 2 aromatic rings.